The van der Waals surface area contributed by atoms with Gasteiger partial charge < -0.3 is 36.4 Å². The zero-order valence-electron chi connectivity index (χ0n) is 28.2. The summed E-state index contributed by atoms with van der Waals surface area (Å²) in [6.45, 7) is 6.90. The first kappa shape index (κ1) is 40.1. The summed E-state index contributed by atoms with van der Waals surface area (Å²) in [5.41, 5.74) is -2.91. The molecule has 0 bridgehead atoms. The first-order valence-electron chi connectivity index (χ1n) is 16.9. The molecule has 0 fully saturated rings. The topological polar surface area (TPSA) is 192 Å². The standard InChI is InChI=1S/C33H47F3N8O6/c1-2-7-30(46)41-29(20-24-8-10-27(45)11-9-24)31(47)40-17-4-3-12-37-13-5-14-38-15-6-16-39-18-19-50-28-22-25(21-26(23-28)44(48)49)32(42-43-32)33(34,35)36/h8-11,21-23,29,37-39,45H,2-7,12-20H2,1H3,(H,40,47)(H,41,46)/t29-/m0/s1. The van der Waals surface area contributed by atoms with Crippen LogP contribution in [0.3, 0.4) is 0 Å². The van der Waals surface area contributed by atoms with E-state index in [9.17, 15) is 38.0 Å². The molecular formula is C33H47F3N8O6. The number of hydrogen-bond acceptors (Lipinski definition) is 11. The number of nitrogens with zero attached hydrogens (tertiary/aromatic N) is 3. The predicted octanol–water partition coefficient (Wildman–Crippen LogP) is 3.83. The maximum absolute atomic E-state index is 13.3. The van der Waals surface area contributed by atoms with Crippen molar-refractivity contribution >= 4 is 17.5 Å². The van der Waals surface area contributed by atoms with Gasteiger partial charge in [-0.05, 0) is 88.6 Å². The molecule has 1 aliphatic rings. The number of rotatable bonds is 25. The molecule has 2 amide bonds. The SMILES string of the molecule is CCCC(=O)N[C@@H](Cc1ccc(O)cc1)C(=O)NCCCCNCCCNCCCNCCOc1cc([N+](=O)[O-])cc(C2(C(F)(F)F)N=N2)c1. The van der Waals surface area contributed by atoms with Crippen molar-refractivity contribution in [1.82, 2.24) is 26.6 Å². The lowest BCUT2D eigenvalue weighted by atomic mass is 10.0. The smallest absolute Gasteiger partial charge is 0.442 e. The van der Waals surface area contributed by atoms with Crippen LogP contribution in [0.15, 0.2) is 52.7 Å². The molecule has 14 nitrogen and oxygen atoms in total. The molecule has 50 heavy (non-hydrogen) atoms. The van der Waals surface area contributed by atoms with Gasteiger partial charge in [-0.25, -0.2) is 0 Å². The molecule has 1 heterocycles. The highest BCUT2D eigenvalue weighted by Crippen LogP contribution is 2.53. The molecule has 3 rings (SSSR count). The maximum Gasteiger partial charge on any atom is 0.442 e. The van der Waals surface area contributed by atoms with Gasteiger partial charge in [0.1, 0.15) is 24.1 Å². The van der Waals surface area contributed by atoms with Crippen LogP contribution in [0.4, 0.5) is 18.9 Å². The lowest BCUT2D eigenvalue weighted by molar-refractivity contribution is -0.385. The van der Waals surface area contributed by atoms with E-state index >= 15 is 0 Å². The third kappa shape index (κ3) is 13.5. The first-order chi connectivity index (χ1) is 23.9. The van der Waals surface area contributed by atoms with Crippen LogP contribution >= 0.6 is 0 Å². The Balaban J connectivity index is 1.17. The van der Waals surface area contributed by atoms with Gasteiger partial charge in [0.2, 0.25) is 11.8 Å². The molecule has 0 saturated carbocycles. The number of unbranched alkanes of at least 4 members (excludes halogenated alkanes) is 1. The van der Waals surface area contributed by atoms with Gasteiger partial charge in [-0.3, -0.25) is 19.7 Å². The summed E-state index contributed by atoms with van der Waals surface area (Å²) >= 11 is 0. The zero-order valence-corrected chi connectivity index (χ0v) is 28.2. The second-order valence-corrected chi connectivity index (χ2v) is 11.9. The summed E-state index contributed by atoms with van der Waals surface area (Å²) in [5.74, 6) is -0.313. The van der Waals surface area contributed by atoms with E-state index in [1.807, 2.05) is 6.92 Å². The summed E-state index contributed by atoms with van der Waals surface area (Å²) in [5, 5.41) is 42.6. The molecule has 276 valence electrons. The average molecular weight is 709 g/mol. The van der Waals surface area contributed by atoms with Gasteiger partial charge in [-0.2, -0.15) is 13.2 Å². The number of phenolic OH excluding ortho intramolecular Hbond substituents is 1. The van der Waals surface area contributed by atoms with Crippen molar-refractivity contribution in [2.24, 2.45) is 10.2 Å². The molecule has 0 saturated heterocycles. The van der Waals surface area contributed by atoms with Crippen LogP contribution < -0.4 is 31.3 Å². The average Bonchev–Trinajstić information content (AvgIpc) is 3.90. The Kier molecular flexibility index (Phi) is 16.3. The van der Waals surface area contributed by atoms with E-state index in [1.165, 1.54) is 0 Å². The molecule has 1 atom stereocenters. The molecular weight excluding hydrogens is 661 g/mol. The number of nitrogens with one attached hydrogen (secondary N) is 5. The Hall–Kier alpha value is -4.35. The number of non-ortho nitro benzene ring substituents is 1. The van der Waals surface area contributed by atoms with Crippen molar-refractivity contribution in [2.75, 3.05) is 52.4 Å². The normalized spacial score (nSPS) is 13.8. The van der Waals surface area contributed by atoms with Crippen LogP contribution in [-0.2, 0) is 21.7 Å². The molecule has 6 N–H and O–H groups in total. The molecule has 2 aromatic rings. The summed E-state index contributed by atoms with van der Waals surface area (Å²) in [7, 11) is 0. The maximum atomic E-state index is 13.3. The third-order valence-corrected chi connectivity index (χ3v) is 7.75. The Morgan fingerprint density at radius 3 is 2.10 bits per heavy atom. The zero-order chi connectivity index (χ0) is 36.4. The summed E-state index contributed by atoms with van der Waals surface area (Å²) in [6, 6.07) is 8.85. The molecule has 1 aliphatic heterocycles. The van der Waals surface area contributed by atoms with Crippen LogP contribution in [0.5, 0.6) is 11.5 Å². The molecule has 0 unspecified atom stereocenters. The molecule has 2 aromatic carbocycles. The number of benzene rings is 2. The van der Waals surface area contributed by atoms with Crippen LogP contribution in [0.1, 0.15) is 56.6 Å². The van der Waals surface area contributed by atoms with Gasteiger partial charge in [0.25, 0.3) is 5.69 Å². The van der Waals surface area contributed by atoms with E-state index in [2.05, 4.69) is 36.8 Å². The lowest BCUT2D eigenvalue weighted by Crippen LogP contribution is -2.48. The number of carbonyl (C=O) groups is 2. The Morgan fingerprint density at radius 2 is 1.52 bits per heavy atom. The van der Waals surface area contributed by atoms with E-state index in [-0.39, 0.29) is 29.9 Å². The highest BCUT2D eigenvalue weighted by molar-refractivity contribution is 5.87. The number of nitro benzene ring substituents is 1. The number of ether oxygens (including phenoxy) is 1. The van der Waals surface area contributed by atoms with E-state index in [0.29, 0.717) is 38.9 Å². The van der Waals surface area contributed by atoms with E-state index in [4.69, 9.17) is 4.74 Å². The van der Waals surface area contributed by atoms with Crippen LogP contribution in [0, 0.1) is 10.1 Å². The number of carbonyl (C=O) groups excluding carboxylic acids is 2. The highest BCUT2D eigenvalue weighted by atomic mass is 19.4. The predicted molar refractivity (Wildman–Crippen MR) is 180 cm³/mol. The van der Waals surface area contributed by atoms with Gasteiger partial charge in [0, 0.05) is 37.6 Å². The molecule has 0 spiro atoms. The van der Waals surface area contributed by atoms with E-state index in [1.54, 1.807) is 24.3 Å². The van der Waals surface area contributed by atoms with E-state index < -0.39 is 34.1 Å². The van der Waals surface area contributed by atoms with Crippen LogP contribution in [-0.4, -0.2) is 86.5 Å². The van der Waals surface area contributed by atoms with Gasteiger partial charge in [-0.15, -0.1) is 10.2 Å². The number of nitro groups is 1. The van der Waals surface area contributed by atoms with Crippen molar-refractivity contribution in [3.8, 4) is 11.5 Å². The number of hydrogen-bond donors (Lipinski definition) is 6. The number of phenols is 1. The quantitative estimate of drug-likeness (QED) is 0.0506. The van der Waals surface area contributed by atoms with Gasteiger partial charge in [0.15, 0.2) is 0 Å². The largest absolute Gasteiger partial charge is 0.508 e. The monoisotopic (exact) mass is 708 g/mol. The molecule has 0 aliphatic carbocycles. The minimum Gasteiger partial charge on any atom is -0.508 e. The fraction of sp³-hybridized carbons (Fsp3) is 0.576. The second-order valence-electron chi connectivity index (χ2n) is 11.9. The van der Waals surface area contributed by atoms with Crippen molar-refractivity contribution in [1.29, 1.82) is 0 Å². The van der Waals surface area contributed by atoms with E-state index in [0.717, 1.165) is 75.6 Å². The number of halogens is 3. The van der Waals surface area contributed by atoms with Crippen molar-refractivity contribution < 1.29 is 37.5 Å². The Labute approximate surface area is 289 Å². The van der Waals surface area contributed by atoms with Crippen molar-refractivity contribution in [3.05, 3.63) is 63.7 Å². The fourth-order valence-corrected chi connectivity index (χ4v) is 4.99. The molecule has 17 heteroatoms. The fourth-order valence-electron chi connectivity index (χ4n) is 4.99. The van der Waals surface area contributed by atoms with Crippen LogP contribution in [0.25, 0.3) is 0 Å². The van der Waals surface area contributed by atoms with Crippen molar-refractivity contribution in [3.63, 3.8) is 0 Å². The molecule has 0 radical (unpaired) electrons. The van der Waals surface area contributed by atoms with Gasteiger partial charge >= 0.3 is 11.8 Å². The number of aromatic hydroxyl groups is 1. The highest BCUT2D eigenvalue weighted by Gasteiger charge is 2.65. The van der Waals surface area contributed by atoms with Gasteiger partial charge in [-0.1, -0.05) is 19.1 Å². The second kappa shape index (κ2) is 20.4. The Bertz CT molecular complexity index is 1400. The summed E-state index contributed by atoms with van der Waals surface area (Å²) in [6.07, 6.45) is 0.0359. The van der Waals surface area contributed by atoms with Crippen molar-refractivity contribution in [2.45, 2.75) is 69.8 Å². The summed E-state index contributed by atoms with van der Waals surface area (Å²) in [4.78, 5) is 35.4. The third-order valence-electron chi connectivity index (χ3n) is 7.75. The molecule has 0 aromatic heterocycles. The minimum absolute atomic E-state index is 0.0558. The van der Waals surface area contributed by atoms with Gasteiger partial charge in [0.05, 0.1) is 11.0 Å². The number of amides is 2. The number of alkyl halides is 3. The first-order valence-corrected chi connectivity index (χ1v) is 16.9. The lowest BCUT2D eigenvalue weighted by Gasteiger charge is -2.19. The Morgan fingerprint density at radius 1 is 0.920 bits per heavy atom. The van der Waals surface area contributed by atoms with Crippen LogP contribution in [0.2, 0.25) is 0 Å². The minimum atomic E-state index is -4.80. The summed E-state index contributed by atoms with van der Waals surface area (Å²) < 4.78 is 45.5.